The molecule has 0 saturated heterocycles. The first-order chi connectivity index (χ1) is 8.08. The number of rotatable bonds is 4. The predicted molar refractivity (Wildman–Crippen MR) is 76.3 cm³/mol. The summed E-state index contributed by atoms with van der Waals surface area (Å²) in [6.07, 6.45) is 3.61. The van der Waals surface area contributed by atoms with Crippen LogP contribution in [0.5, 0.6) is 5.88 Å². The largest absolute Gasteiger partial charge is 0.475 e. The van der Waals surface area contributed by atoms with Crippen molar-refractivity contribution in [1.82, 2.24) is 4.98 Å². The maximum Gasteiger partial charge on any atom is 0.217 e. The van der Waals surface area contributed by atoms with Crippen molar-refractivity contribution < 1.29 is 4.74 Å². The van der Waals surface area contributed by atoms with Gasteiger partial charge in [0, 0.05) is 11.1 Å². The minimum Gasteiger partial charge on any atom is -0.475 e. The van der Waals surface area contributed by atoms with Crippen molar-refractivity contribution in [3.8, 4) is 5.88 Å². The van der Waals surface area contributed by atoms with Gasteiger partial charge in [0.1, 0.15) is 0 Å². The molecule has 0 fully saturated rings. The third-order valence-electron chi connectivity index (χ3n) is 1.99. The molecule has 0 aromatic carbocycles. The van der Waals surface area contributed by atoms with Crippen LogP contribution in [0.4, 0.5) is 0 Å². The minimum atomic E-state index is 0.128. The van der Waals surface area contributed by atoms with E-state index in [0.717, 1.165) is 16.8 Å². The number of aromatic nitrogens is 1. The molecule has 0 bridgehead atoms. The van der Waals surface area contributed by atoms with E-state index in [1.165, 1.54) is 0 Å². The highest BCUT2D eigenvalue weighted by Crippen LogP contribution is 2.21. The van der Waals surface area contributed by atoms with E-state index in [1.54, 1.807) is 12.2 Å². The second kappa shape index (κ2) is 7.66. The summed E-state index contributed by atoms with van der Waals surface area (Å²) >= 11 is 0. The van der Waals surface area contributed by atoms with Crippen LogP contribution in [0, 0.1) is 6.92 Å². The third-order valence-corrected chi connectivity index (χ3v) is 1.99. The topological polar surface area (TPSA) is 22.1 Å². The predicted octanol–water partition coefficient (Wildman–Crippen LogP) is 4.49. The van der Waals surface area contributed by atoms with Gasteiger partial charge in [0.15, 0.2) is 0 Å². The van der Waals surface area contributed by atoms with E-state index in [9.17, 15) is 0 Å². The summed E-state index contributed by atoms with van der Waals surface area (Å²) in [6.45, 7) is 17.4. The highest BCUT2D eigenvalue weighted by molar-refractivity contribution is 5.62. The molecule has 0 unspecified atom stereocenters. The summed E-state index contributed by atoms with van der Waals surface area (Å²) in [7, 11) is 0. The molecule has 1 aromatic heterocycles. The number of hydrogen-bond donors (Lipinski definition) is 0. The fourth-order valence-electron chi connectivity index (χ4n) is 1.30. The molecule has 1 heterocycles. The first kappa shape index (κ1) is 15.4. The Morgan fingerprint density at radius 1 is 1.24 bits per heavy atom. The third kappa shape index (κ3) is 4.43. The Bertz CT molecular complexity index is 381. The van der Waals surface area contributed by atoms with Gasteiger partial charge in [-0.25, -0.2) is 4.98 Å². The maximum atomic E-state index is 5.59. The van der Waals surface area contributed by atoms with E-state index < -0.39 is 0 Å². The van der Waals surface area contributed by atoms with E-state index in [1.807, 2.05) is 40.7 Å². The Labute approximate surface area is 105 Å². The molecule has 0 N–H and O–H groups in total. The number of nitrogens with zero attached hydrogens (tertiary/aromatic N) is 1. The van der Waals surface area contributed by atoms with Gasteiger partial charge in [-0.2, -0.15) is 0 Å². The average Bonchev–Trinajstić information content (AvgIpc) is 2.33. The Morgan fingerprint density at radius 2 is 1.82 bits per heavy atom. The van der Waals surface area contributed by atoms with Crippen LogP contribution < -0.4 is 4.74 Å². The van der Waals surface area contributed by atoms with Crippen LogP contribution in [-0.4, -0.2) is 11.1 Å². The van der Waals surface area contributed by atoms with Crippen molar-refractivity contribution >= 4 is 12.2 Å². The van der Waals surface area contributed by atoms with E-state index in [-0.39, 0.29) is 6.10 Å². The summed E-state index contributed by atoms with van der Waals surface area (Å²) in [5.41, 5.74) is 2.81. The lowest BCUT2D eigenvalue weighted by Crippen LogP contribution is -2.09. The molecular weight excluding hydrogens is 210 g/mol. The number of ether oxygens (including phenoxy) is 1. The van der Waals surface area contributed by atoms with Gasteiger partial charge in [-0.15, -0.1) is 0 Å². The van der Waals surface area contributed by atoms with E-state index in [0.29, 0.717) is 5.88 Å². The van der Waals surface area contributed by atoms with Crippen molar-refractivity contribution in [3.05, 3.63) is 36.0 Å². The fraction of sp³-hybridized carbons (Fsp3) is 0.400. The second-order valence-corrected chi connectivity index (χ2v) is 3.66. The molecule has 0 spiro atoms. The quantitative estimate of drug-likeness (QED) is 0.764. The van der Waals surface area contributed by atoms with Gasteiger partial charge in [0.25, 0.3) is 0 Å². The van der Waals surface area contributed by atoms with Crippen molar-refractivity contribution in [2.45, 2.75) is 40.7 Å². The van der Waals surface area contributed by atoms with Gasteiger partial charge in [-0.3, -0.25) is 0 Å². The van der Waals surface area contributed by atoms with Crippen LogP contribution >= 0.6 is 0 Å². The van der Waals surface area contributed by atoms with Gasteiger partial charge < -0.3 is 4.74 Å². The minimum absolute atomic E-state index is 0.128. The first-order valence-electron chi connectivity index (χ1n) is 6.01. The fourth-order valence-corrected chi connectivity index (χ4v) is 1.30. The Balaban J connectivity index is 0.00000121. The molecule has 0 radical (unpaired) electrons. The molecule has 0 aliphatic rings. The average molecular weight is 233 g/mol. The van der Waals surface area contributed by atoms with Gasteiger partial charge in [0.05, 0.1) is 11.8 Å². The smallest absolute Gasteiger partial charge is 0.217 e. The molecular formula is C15H23NO. The molecule has 0 amide bonds. The molecule has 0 aliphatic carbocycles. The zero-order valence-corrected chi connectivity index (χ0v) is 11.6. The van der Waals surface area contributed by atoms with Crippen LogP contribution in [0.15, 0.2) is 19.2 Å². The number of pyridine rings is 1. The van der Waals surface area contributed by atoms with Gasteiger partial charge in [-0.1, -0.05) is 33.1 Å². The zero-order valence-electron chi connectivity index (χ0n) is 11.6. The van der Waals surface area contributed by atoms with Crippen molar-refractivity contribution in [2.24, 2.45) is 0 Å². The van der Waals surface area contributed by atoms with E-state index in [4.69, 9.17) is 4.74 Å². The van der Waals surface area contributed by atoms with Crippen LogP contribution in [0.2, 0.25) is 0 Å². The monoisotopic (exact) mass is 233 g/mol. The number of aryl methyl sites for hydroxylation is 1. The maximum absolute atomic E-state index is 5.59. The normalized spacial score (nSPS) is 9.29. The summed E-state index contributed by atoms with van der Waals surface area (Å²) in [5, 5.41) is 0. The van der Waals surface area contributed by atoms with Crippen molar-refractivity contribution in [2.75, 3.05) is 0 Å². The molecule has 0 saturated carbocycles. The summed E-state index contributed by atoms with van der Waals surface area (Å²) in [6, 6.07) is 2.01. The highest BCUT2D eigenvalue weighted by Gasteiger charge is 2.07. The van der Waals surface area contributed by atoms with Gasteiger partial charge >= 0.3 is 0 Å². The van der Waals surface area contributed by atoms with Gasteiger partial charge in [-0.05, 0) is 32.9 Å². The molecule has 2 heteroatoms. The van der Waals surface area contributed by atoms with E-state index in [2.05, 4.69) is 18.1 Å². The highest BCUT2D eigenvalue weighted by atomic mass is 16.5. The van der Waals surface area contributed by atoms with Crippen LogP contribution in [-0.2, 0) is 0 Å². The van der Waals surface area contributed by atoms with Crippen LogP contribution in [0.1, 0.15) is 44.5 Å². The molecule has 0 aliphatic heterocycles. The Morgan fingerprint density at radius 3 is 2.24 bits per heavy atom. The first-order valence-corrected chi connectivity index (χ1v) is 6.01. The molecule has 1 rings (SSSR count). The number of hydrogen-bond acceptors (Lipinski definition) is 2. The molecule has 94 valence electrons. The van der Waals surface area contributed by atoms with Crippen molar-refractivity contribution in [1.29, 1.82) is 0 Å². The van der Waals surface area contributed by atoms with E-state index >= 15 is 0 Å². The van der Waals surface area contributed by atoms with Crippen LogP contribution in [0.25, 0.3) is 12.2 Å². The zero-order chi connectivity index (χ0) is 13.4. The molecule has 2 nitrogen and oxygen atoms in total. The summed E-state index contributed by atoms with van der Waals surface area (Å²) in [4.78, 5) is 4.39. The Hall–Kier alpha value is -1.57. The lowest BCUT2D eigenvalue weighted by atomic mass is 10.1. The second-order valence-electron chi connectivity index (χ2n) is 3.66. The molecule has 17 heavy (non-hydrogen) atoms. The molecule has 1 aromatic rings. The Kier molecular flexibility index (Phi) is 6.95. The summed E-state index contributed by atoms with van der Waals surface area (Å²) in [5.74, 6) is 0.672. The SMILES string of the molecule is C=Cc1cc(C)c(OC(C)C)nc1C=C.CC. The molecule has 0 atom stereocenters. The van der Waals surface area contributed by atoms with Crippen LogP contribution in [0.3, 0.4) is 0 Å². The van der Waals surface area contributed by atoms with Gasteiger partial charge in [0.2, 0.25) is 5.88 Å². The summed E-state index contributed by atoms with van der Waals surface area (Å²) < 4.78 is 5.59. The lowest BCUT2D eigenvalue weighted by molar-refractivity contribution is 0.230. The standard InChI is InChI=1S/C13H17NO.C2H6/c1-6-11-8-10(5)13(15-9(3)4)14-12(11)7-2;1-2/h6-9H,1-2H2,3-5H3;1-2H3. The lowest BCUT2D eigenvalue weighted by Gasteiger charge is -2.13. The van der Waals surface area contributed by atoms with Crippen molar-refractivity contribution in [3.63, 3.8) is 0 Å².